The van der Waals surface area contributed by atoms with E-state index in [1.54, 1.807) is 0 Å². The van der Waals surface area contributed by atoms with Crippen LogP contribution in [-0.4, -0.2) is 11.1 Å². The molecule has 3 heteroatoms. The van der Waals surface area contributed by atoms with E-state index < -0.39 is 5.97 Å². The number of carboxylic acid groups (broad SMARTS) is 1. The largest absolute Gasteiger partial charge is 0.481 e. The van der Waals surface area contributed by atoms with Crippen molar-refractivity contribution in [3.8, 4) is 0 Å². The maximum Gasteiger partial charge on any atom is 0.303 e. The highest BCUT2D eigenvalue weighted by atomic mass is 16.5. The molecule has 0 fully saturated rings. The predicted octanol–water partition coefficient (Wildman–Crippen LogP) is 7.62. The molecule has 0 aromatic carbocycles. The smallest absolute Gasteiger partial charge is 0.303 e. The number of unbranched alkanes of at least 4 members (excludes halogenated alkanes) is 14. The van der Waals surface area contributed by atoms with Gasteiger partial charge in [-0.25, -0.2) is 0 Å². The van der Waals surface area contributed by atoms with Crippen LogP contribution < -0.4 is 0 Å². The molecule has 0 atom stereocenters. The van der Waals surface area contributed by atoms with Gasteiger partial charge >= 0.3 is 5.97 Å². The van der Waals surface area contributed by atoms with Gasteiger partial charge in [0.05, 0.1) is 12.5 Å². The van der Waals surface area contributed by atoms with Gasteiger partial charge in [-0.1, -0.05) is 110 Å². The van der Waals surface area contributed by atoms with E-state index in [-0.39, 0.29) is 0 Å². The third kappa shape index (κ3) is 31.1. The Labute approximate surface area is 156 Å². The highest BCUT2D eigenvalue weighted by Crippen LogP contribution is 2.13. The van der Waals surface area contributed by atoms with Crippen molar-refractivity contribution in [2.24, 2.45) is 0 Å². The molecule has 0 bridgehead atoms. The van der Waals surface area contributed by atoms with Crippen LogP contribution in [-0.2, 0) is 9.53 Å². The van der Waals surface area contributed by atoms with Crippen molar-refractivity contribution in [2.45, 2.75) is 110 Å². The van der Waals surface area contributed by atoms with Crippen molar-refractivity contribution in [1.29, 1.82) is 0 Å². The molecular formula is C22H42O3. The Kier molecular flexibility index (Phi) is 26.0. The van der Waals surface area contributed by atoms with E-state index in [0.29, 0.717) is 6.42 Å². The monoisotopic (exact) mass is 354 g/mol. The van der Waals surface area contributed by atoms with Crippen molar-refractivity contribution in [3.05, 3.63) is 25.7 Å². The van der Waals surface area contributed by atoms with Crippen LogP contribution in [0, 0.1) is 0 Å². The number of ether oxygens (including phenoxy) is 1. The average molecular weight is 355 g/mol. The Morgan fingerprint density at radius 1 is 0.720 bits per heavy atom. The summed E-state index contributed by atoms with van der Waals surface area (Å²) in [5.41, 5.74) is 0. The van der Waals surface area contributed by atoms with Gasteiger partial charge in [0.1, 0.15) is 0 Å². The van der Waals surface area contributed by atoms with E-state index in [9.17, 15) is 4.79 Å². The summed E-state index contributed by atoms with van der Waals surface area (Å²) in [7, 11) is 0. The highest BCUT2D eigenvalue weighted by molar-refractivity contribution is 5.66. The lowest BCUT2D eigenvalue weighted by molar-refractivity contribution is -0.137. The van der Waals surface area contributed by atoms with Gasteiger partial charge in [-0.05, 0) is 6.42 Å². The average Bonchev–Trinajstić information content (AvgIpc) is 2.59. The standard InChI is InChI=1S/C18H36O2.C4H6O/c1-2-3-4-5-6-7-8-9-10-11-12-13-14-15-16-17-18(19)20;1-3-5-4-2/h2-17H2,1H3,(H,19,20);3-4H,1-2H2. The molecule has 25 heavy (non-hydrogen) atoms. The van der Waals surface area contributed by atoms with E-state index in [0.717, 1.165) is 12.8 Å². The SMILES string of the molecule is C=COC=C.CCCCCCCCCCCCCCCCCC(=O)O. The predicted molar refractivity (Wildman–Crippen MR) is 109 cm³/mol. The molecule has 0 rings (SSSR count). The lowest BCUT2D eigenvalue weighted by Crippen LogP contribution is -1.93. The molecule has 0 aliphatic heterocycles. The Hall–Kier alpha value is -1.25. The zero-order chi connectivity index (χ0) is 19.0. The van der Waals surface area contributed by atoms with Crippen molar-refractivity contribution < 1.29 is 14.6 Å². The third-order valence-corrected chi connectivity index (χ3v) is 4.19. The molecule has 0 heterocycles. The van der Waals surface area contributed by atoms with E-state index in [1.165, 1.54) is 96.0 Å². The van der Waals surface area contributed by atoms with Crippen LogP contribution in [0.5, 0.6) is 0 Å². The third-order valence-electron chi connectivity index (χ3n) is 4.19. The fraction of sp³-hybridized carbons (Fsp3) is 0.773. The van der Waals surface area contributed by atoms with Gasteiger partial charge in [-0.2, -0.15) is 0 Å². The fourth-order valence-corrected chi connectivity index (χ4v) is 2.72. The molecule has 0 spiro atoms. The van der Waals surface area contributed by atoms with Gasteiger partial charge in [0.2, 0.25) is 0 Å². The van der Waals surface area contributed by atoms with Gasteiger partial charge in [-0.15, -0.1) is 0 Å². The van der Waals surface area contributed by atoms with E-state index in [4.69, 9.17) is 5.11 Å². The maximum atomic E-state index is 10.3. The first-order chi connectivity index (χ1) is 12.2. The molecular weight excluding hydrogens is 312 g/mol. The van der Waals surface area contributed by atoms with E-state index >= 15 is 0 Å². The molecule has 0 saturated heterocycles. The molecule has 148 valence electrons. The van der Waals surface area contributed by atoms with Crippen LogP contribution in [0.15, 0.2) is 25.7 Å². The first-order valence-electron chi connectivity index (χ1n) is 10.3. The second kappa shape index (κ2) is 25.0. The van der Waals surface area contributed by atoms with Crippen LogP contribution in [0.25, 0.3) is 0 Å². The van der Waals surface area contributed by atoms with Gasteiger partial charge < -0.3 is 9.84 Å². The summed E-state index contributed by atoms with van der Waals surface area (Å²) in [4.78, 5) is 10.3. The van der Waals surface area contributed by atoms with Crippen LogP contribution in [0.1, 0.15) is 110 Å². The van der Waals surface area contributed by atoms with Gasteiger partial charge in [0.15, 0.2) is 0 Å². The minimum atomic E-state index is -0.653. The molecule has 3 nitrogen and oxygen atoms in total. The van der Waals surface area contributed by atoms with E-state index in [1.807, 2.05) is 0 Å². The molecule has 1 N–H and O–H groups in total. The Bertz CT molecular complexity index is 281. The van der Waals surface area contributed by atoms with Crippen LogP contribution in [0.3, 0.4) is 0 Å². The summed E-state index contributed by atoms with van der Waals surface area (Å²) < 4.78 is 4.36. The highest BCUT2D eigenvalue weighted by Gasteiger charge is 1.97. The second-order valence-corrected chi connectivity index (χ2v) is 6.56. The Morgan fingerprint density at radius 3 is 1.28 bits per heavy atom. The Morgan fingerprint density at radius 2 is 1.04 bits per heavy atom. The maximum absolute atomic E-state index is 10.3. The number of carboxylic acids is 1. The van der Waals surface area contributed by atoms with Crippen molar-refractivity contribution in [3.63, 3.8) is 0 Å². The quantitative estimate of drug-likeness (QED) is 0.203. The Balaban J connectivity index is 0. The zero-order valence-electron chi connectivity index (χ0n) is 16.6. The summed E-state index contributed by atoms with van der Waals surface area (Å²) in [6.45, 7) is 8.78. The summed E-state index contributed by atoms with van der Waals surface area (Å²) in [6.07, 6.45) is 22.8. The van der Waals surface area contributed by atoms with Crippen LogP contribution in [0.4, 0.5) is 0 Å². The van der Waals surface area contributed by atoms with E-state index in [2.05, 4.69) is 24.8 Å². The summed E-state index contributed by atoms with van der Waals surface area (Å²) in [6, 6.07) is 0. The normalized spacial score (nSPS) is 9.80. The first-order valence-corrected chi connectivity index (χ1v) is 10.3. The number of rotatable bonds is 18. The van der Waals surface area contributed by atoms with Crippen molar-refractivity contribution in [2.75, 3.05) is 0 Å². The molecule has 0 amide bonds. The molecule has 0 saturated carbocycles. The minimum Gasteiger partial charge on any atom is -0.481 e. The summed E-state index contributed by atoms with van der Waals surface area (Å²) in [5, 5.41) is 8.52. The molecule has 0 unspecified atom stereocenters. The molecule has 0 aromatic heterocycles. The van der Waals surface area contributed by atoms with Crippen LogP contribution >= 0.6 is 0 Å². The molecule has 0 aromatic rings. The van der Waals surface area contributed by atoms with Crippen LogP contribution in [0.2, 0.25) is 0 Å². The summed E-state index contributed by atoms with van der Waals surface area (Å²) >= 11 is 0. The topological polar surface area (TPSA) is 46.5 Å². The minimum absolute atomic E-state index is 0.345. The zero-order valence-corrected chi connectivity index (χ0v) is 16.6. The van der Waals surface area contributed by atoms with Crippen molar-refractivity contribution in [1.82, 2.24) is 0 Å². The number of hydrogen-bond acceptors (Lipinski definition) is 2. The molecule has 0 radical (unpaired) electrons. The number of carbonyl (C=O) groups is 1. The lowest BCUT2D eigenvalue weighted by atomic mass is 10.0. The van der Waals surface area contributed by atoms with Gasteiger partial charge in [0, 0.05) is 6.42 Å². The summed E-state index contributed by atoms with van der Waals surface area (Å²) in [5.74, 6) is -0.653. The first kappa shape index (κ1) is 26.0. The lowest BCUT2D eigenvalue weighted by Gasteiger charge is -2.03. The number of hydrogen-bond donors (Lipinski definition) is 1. The number of aliphatic carboxylic acids is 1. The molecule has 0 aliphatic rings. The second-order valence-electron chi connectivity index (χ2n) is 6.56. The van der Waals surface area contributed by atoms with Crippen molar-refractivity contribution >= 4 is 5.97 Å². The fourth-order valence-electron chi connectivity index (χ4n) is 2.72. The van der Waals surface area contributed by atoms with Gasteiger partial charge in [-0.3, -0.25) is 4.79 Å². The molecule has 0 aliphatic carbocycles. The van der Waals surface area contributed by atoms with Gasteiger partial charge in [0.25, 0.3) is 0 Å².